The molecule has 0 aliphatic rings. The number of nitrogens with zero attached hydrogens (tertiary/aromatic N) is 1. The summed E-state index contributed by atoms with van der Waals surface area (Å²) in [5, 5.41) is 3.46. The van der Waals surface area contributed by atoms with Crippen molar-refractivity contribution in [2.24, 2.45) is 0 Å². The fourth-order valence-electron chi connectivity index (χ4n) is 2.35. The Morgan fingerprint density at radius 1 is 1.26 bits per heavy atom. The zero-order chi connectivity index (χ0) is 14.1. The summed E-state index contributed by atoms with van der Waals surface area (Å²) in [6, 6.07) is 8.85. The van der Waals surface area contributed by atoms with Gasteiger partial charge in [0.2, 0.25) is 0 Å². The minimum atomic E-state index is 0.579. The Balaban J connectivity index is 2.66. The third-order valence-corrected chi connectivity index (χ3v) is 3.49. The van der Waals surface area contributed by atoms with Gasteiger partial charge in [-0.3, -0.25) is 4.90 Å². The monoisotopic (exact) mass is 264 g/mol. The van der Waals surface area contributed by atoms with E-state index in [4.69, 9.17) is 4.74 Å². The van der Waals surface area contributed by atoms with Gasteiger partial charge in [-0.2, -0.15) is 0 Å². The number of hydrogen-bond donors (Lipinski definition) is 1. The highest BCUT2D eigenvalue weighted by atomic mass is 16.5. The molecule has 0 aromatic heterocycles. The van der Waals surface area contributed by atoms with E-state index in [9.17, 15) is 0 Å². The summed E-state index contributed by atoms with van der Waals surface area (Å²) in [7, 11) is 3.94. The highest BCUT2D eigenvalue weighted by Gasteiger charge is 2.15. The van der Waals surface area contributed by atoms with Gasteiger partial charge in [0.15, 0.2) is 0 Å². The van der Waals surface area contributed by atoms with Crippen molar-refractivity contribution in [3.63, 3.8) is 0 Å². The molecule has 0 heterocycles. The van der Waals surface area contributed by atoms with Crippen LogP contribution in [0.3, 0.4) is 0 Å². The Morgan fingerprint density at radius 2 is 2.00 bits per heavy atom. The van der Waals surface area contributed by atoms with E-state index in [-0.39, 0.29) is 0 Å². The summed E-state index contributed by atoms with van der Waals surface area (Å²) in [4.78, 5) is 2.42. The van der Waals surface area contributed by atoms with Crippen LogP contribution in [0.4, 0.5) is 0 Å². The molecule has 1 N–H and O–H groups in total. The molecule has 0 amide bonds. The molecule has 3 heteroatoms. The van der Waals surface area contributed by atoms with Crippen molar-refractivity contribution < 1.29 is 4.74 Å². The SMILES string of the molecule is CCCC(CNCC)N(C)Cc1ccccc1OC. The van der Waals surface area contributed by atoms with Crippen molar-refractivity contribution >= 4 is 0 Å². The molecule has 1 atom stereocenters. The molecule has 3 nitrogen and oxygen atoms in total. The van der Waals surface area contributed by atoms with E-state index < -0.39 is 0 Å². The Bertz CT molecular complexity index is 354. The summed E-state index contributed by atoms with van der Waals surface area (Å²) >= 11 is 0. The quantitative estimate of drug-likeness (QED) is 0.742. The predicted molar refractivity (Wildman–Crippen MR) is 81.7 cm³/mol. The molecule has 19 heavy (non-hydrogen) atoms. The Kier molecular flexibility index (Phi) is 7.53. The molecule has 0 fully saturated rings. The fraction of sp³-hybridized carbons (Fsp3) is 0.625. The largest absolute Gasteiger partial charge is 0.496 e. The molecule has 1 aromatic rings. The van der Waals surface area contributed by atoms with Crippen LogP contribution in [0.15, 0.2) is 24.3 Å². The molecular formula is C16H28N2O. The number of methoxy groups -OCH3 is 1. The zero-order valence-corrected chi connectivity index (χ0v) is 12.8. The molecule has 0 aliphatic carbocycles. The van der Waals surface area contributed by atoms with Gasteiger partial charge in [0.25, 0.3) is 0 Å². The highest BCUT2D eigenvalue weighted by Crippen LogP contribution is 2.20. The average molecular weight is 264 g/mol. The minimum absolute atomic E-state index is 0.579. The van der Waals surface area contributed by atoms with Crippen LogP contribution in [0, 0.1) is 0 Å². The summed E-state index contributed by atoms with van der Waals surface area (Å²) in [5.41, 5.74) is 1.25. The lowest BCUT2D eigenvalue weighted by Crippen LogP contribution is -2.39. The van der Waals surface area contributed by atoms with Crippen LogP contribution in [-0.2, 0) is 6.54 Å². The summed E-state index contributed by atoms with van der Waals surface area (Å²) < 4.78 is 5.42. The van der Waals surface area contributed by atoms with Crippen LogP contribution >= 0.6 is 0 Å². The van der Waals surface area contributed by atoms with Crippen LogP contribution in [0.25, 0.3) is 0 Å². The smallest absolute Gasteiger partial charge is 0.123 e. The van der Waals surface area contributed by atoms with Gasteiger partial charge in [0.1, 0.15) is 5.75 Å². The lowest BCUT2D eigenvalue weighted by Gasteiger charge is -2.28. The molecule has 0 aliphatic heterocycles. The number of para-hydroxylation sites is 1. The fourth-order valence-corrected chi connectivity index (χ4v) is 2.35. The summed E-state index contributed by atoms with van der Waals surface area (Å²) in [5.74, 6) is 0.980. The number of nitrogens with one attached hydrogen (secondary N) is 1. The molecule has 1 rings (SSSR count). The summed E-state index contributed by atoms with van der Waals surface area (Å²) in [6.07, 6.45) is 2.44. The van der Waals surface area contributed by atoms with E-state index in [0.717, 1.165) is 25.4 Å². The van der Waals surface area contributed by atoms with Crippen molar-refractivity contribution in [2.75, 3.05) is 27.2 Å². The van der Waals surface area contributed by atoms with E-state index in [1.807, 2.05) is 12.1 Å². The zero-order valence-electron chi connectivity index (χ0n) is 12.8. The second-order valence-electron chi connectivity index (χ2n) is 4.98. The standard InChI is InChI=1S/C16H28N2O/c1-5-9-15(12-17-6-2)18(3)13-14-10-7-8-11-16(14)19-4/h7-8,10-11,15,17H,5-6,9,12-13H2,1-4H3. The second-order valence-corrected chi connectivity index (χ2v) is 4.98. The van der Waals surface area contributed by atoms with Gasteiger partial charge in [0.05, 0.1) is 7.11 Å². The van der Waals surface area contributed by atoms with Crippen LogP contribution in [0.2, 0.25) is 0 Å². The van der Waals surface area contributed by atoms with Gasteiger partial charge in [-0.05, 0) is 26.1 Å². The lowest BCUT2D eigenvalue weighted by molar-refractivity contribution is 0.213. The number of hydrogen-bond acceptors (Lipinski definition) is 3. The van der Waals surface area contributed by atoms with Crippen LogP contribution < -0.4 is 10.1 Å². The van der Waals surface area contributed by atoms with Crippen molar-refractivity contribution in [1.82, 2.24) is 10.2 Å². The Hall–Kier alpha value is -1.06. The predicted octanol–water partition coefficient (Wildman–Crippen LogP) is 2.91. The average Bonchev–Trinajstić information content (AvgIpc) is 2.44. The van der Waals surface area contributed by atoms with Gasteiger partial charge >= 0.3 is 0 Å². The third kappa shape index (κ3) is 5.21. The lowest BCUT2D eigenvalue weighted by atomic mass is 10.1. The highest BCUT2D eigenvalue weighted by molar-refractivity contribution is 5.33. The first kappa shape index (κ1) is 16.0. The maximum atomic E-state index is 5.42. The second kappa shape index (κ2) is 8.94. The van der Waals surface area contributed by atoms with Crippen molar-refractivity contribution in [3.05, 3.63) is 29.8 Å². The van der Waals surface area contributed by atoms with Gasteiger partial charge in [-0.1, -0.05) is 38.5 Å². The minimum Gasteiger partial charge on any atom is -0.496 e. The topological polar surface area (TPSA) is 24.5 Å². The van der Waals surface area contributed by atoms with Crippen LogP contribution in [0.5, 0.6) is 5.75 Å². The third-order valence-electron chi connectivity index (χ3n) is 3.49. The number of ether oxygens (including phenoxy) is 1. The van der Waals surface area contributed by atoms with E-state index in [1.54, 1.807) is 7.11 Å². The number of likely N-dealkylation sites (N-methyl/N-ethyl adjacent to an activating group) is 2. The van der Waals surface area contributed by atoms with Gasteiger partial charge in [-0.15, -0.1) is 0 Å². The first-order valence-electron chi connectivity index (χ1n) is 7.25. The van der Waals surface area contributed by atoms with Gasteiger partial charge in [-0.25, -0.2) is 0 Å². The van der Waals surface area contributed by atoms with Crippen molar-refractivity contribution in [1.29, 1.82) is 0 Å². The molecule has 0 radical (unpaired) electrons. The maximum Gasteiger partial charge on any atom is 0.123 e. The summed E-state index contributed by atoms with van der Waals surface area (Å²) in [6.45, 7) is 7.41. The number of rotatable bonds is 9. The maximum absolute atomic E-state index is 5.42. The molecular weight excluding hydrogens is 236 g/mol. The molecule has 108 valence electrons. The van der Waals surface area contributed by atoms with Crippen LogP contribution in [-0.4, -0.2) is 38.2 Å². The van der Waals surface area contributed by atoms with Crippen LogP contribution in [0.1, 0.15) is 32.3 Å². The van der Waals surface area contributed by atoms with Crippen molar-refractivity contribution in [2.45, 2.75) is 39.3 Å². The van der Waals surface area contributed by atoms with E-state index in [1.165, 1.54) is 18.4 Å². The first-order chi connectivity index (χ1) is 9.22. The molecule has 1 aromatic carbocycles. The normalized spacial score (nSPS) is 12.7. The van der Waals surface area contributed by atoms with Gasteiger partial charge < -0.3 is 10.1 Å². The molecule has 0 saturated heterocycles. The van der Waals surface area contributed by atoms with E-state index >= 15 is 0 Å². The molecule has 0 saturated carbocycles. The molecule has 0 bridgehead atoms. The molecule has 0 spiro atoms. The van der Waals surface area contributed by atoms with E-state index in [0.29, 0.717) is 6.04 Å². The van der Waals surface area contributed by atoms with E-state index in [2.05, 4.69) is 43.2 Å². The van der Waals surface area contributed by atoms with Crippen molar-refractivity contribution in [3.8, 4) is 5.75 Å². The Morgan fingerprint density at radius 3 is 2.63 bits per heavy atom. The number of benzene rings is 1. The first-order valence-corrected chi connectivity index (χ1v) is 7.25. The Labute approximate surface area is 118 Å². The van der Waals surface area contributed by atoms with Gasteiger partial charge in [0, 0.05) is 24.7 Å². The molecule has 1 unspecified atom stereocenters.